The molecule has 0 aliphatic heterocycles. The Hall–Kier alpha value is -4.81. The number of aliphatic hydroxyl groups is 1. The van der Waals surface area contributed by atoms with Gasteiger partial charge < -0.3 is 30.7 Å². The zero-order chi connectivity index (χ0) is 35.4. The molecule has 4 aromatic rings. The minimum absolute atomic E-state index is 0.0204. The van der Waals surface area contributed by atoms with Crippen LogP contribution in [0.1, 0.15) is 54.6 Å². The van der Waals surface area contributed by atoms with Crippen LogP contribution in [0.4, 0.5) is 9.59 Å². The van der Waals surface area contributed by atoms with E-state index >= 15 is 0 Å². The third kappa shape index (κ3) is 11.1. The number of pyridine rings is 1. The Kier molecular flexibility index (Phi) is 13.3. The summed E-state index contributed by atoms with van der Waals surface area (Å²) in [7, 11) is 1.66. The summed E-state index contributed by atoms with van der Waals surface area (Å²) in [4.78, 5) is 50.2. The quantitative estimate of drug-likeness (QED) is 0.132. The average molecular weight is 687 g/mol. The first-order chi connectivity index (χ1) is 23.4. The number of hydrogen-bond donors (Lipinski definition) is 4. The van der Waals surface area contributed by atoms with Crippen LogP contribution in [-0.2, 0) is 34.6 Å². The highest BCUT2D eigenvalue weighted by Gasteiger charge is 2.37. The molecule has 0 bridgehead atoms. The van der Waals surface area contributed by atoms with Crippen molar-refractivity contribution in [1.82, 2.24) is 30.8 Å². The number of alkyl carbamates (subject to hydrolysis) is 1. The third-order valence-corrected chi connectivity index (χ3v) is 9.05. The molecule has 0 fully saturated rings. The topological polar surface area (TPSA) is 146 Å². The van der Waals surface area contributed by atoms with E-state index in [0.717, 1.165) is 27.4 Å². The summed E-state index contributed by atoms with van der Waals surface area (Å²) in [6.45, 7) is 7.78. The lowest BCUT2D eigenvalue weighted by Gasteiger charge is -2.37. The molecule has 0 aliphatic carbocycles. The predicted molar refractivity (Wildman–Crippen MR) is 190 cm³/mol. The first kappa shape index (κ1) is 37.0. The SMILES string of the molecule is Cc1nc(CN(C)C(=O)N[C@H](C(=O)N[C@@](C)(C[C@H](O)[C@H](Cc2ccccc2)NC(=O)OCc2cccnc2)c2ccccc2)C(C)C)cs1. The number of nitrogens with zero attached hydrogens (tertiary/aromatic N) is 3. The molecule has 2 heterocycles. The number of aromatic nitrogens is 2. The second-order valence-electron chi connectivity index (χ2n) is 12.7. The number of carbonyl (C=O) groups excluding carboxylic acids is 3. The highest BCUT2D eigenvalue weighted by atomic mass is 32.1. The van der Waals surface area contributed by atoms with Crippen LogP contribution in [0.15, 0.2) is 90.6 Å². The third-order valence-electron chi connectivity index (χ3n) is 8.23. The number of thiazole rings is 1. The van der Waals surface area contributed by atoms with Crippen molar-refractivity contribution in [2.45, 2.75) is 77.4 Å². The Bertz CT molecular complexity index is 1640. The standard InChI is InChI=1S/C37H46N6O5S/c1-25(2)33(41-35(46)43(5)22-30-24-49-26(3)39-30)34(45)42-37(4,29-16-10-7-11-17-29)20-32(44)31(19-27-13-8-6-9-14-27)40-36(47)48-23-28-15-12-18-38-21-28/h6-18,21,24-25,31-33,44H,19-20,22-23H2,1-5H3,(H,40,47)(H,41,46)(H,42,45)/t31-,32-,33-,37-/m0/s1. The van der Waals surface area contributed by atoms with Gasteiger partial charge in [0, 0.05) is 36.8 Å². The normalized spacial score (nSPS) is 14.2. The van der Waals surface area contributed by atoms with Crippen LogP contribution in [0.3, 0.4) is 0 Å². The van der Waals surface area contributed by atoms with Crippen LogP contribution in [0, 0.1) is 12.8 Å². The van der Waals surface area contributed by atoms with Crippen molar-refractivity contribution in [1.29, 1.82) is 0 Å². The van der Waals surface area contributed by atoms with Crippen molar-refractivity contribution in [2.24, 2.45) is 5.92 Å². The summed E-state index contributed by atoms with van der Waals surface area (Å²) in [6.07, 6.45) is 1.82. The Morgan fingerprint density at radius 1 is 0.980 bits per heavy atom. The van der Waals surface area contributed by atoms with Crippen LogP contribution in [0.5, 0.6) is 0 Å². The molecule has 0 spiro atoms. The van der Waals surface area contributed by atoms with E-state index in [1.807, 2.05) is 93.7 Å². The van der Waals surface area contributed by atoms with Gasteiger partial charge in [-0.05, 0) is 43.4 Å². The van der Waals surface area contributed by atoms with Crippen LogP contribution < -0.4 is 16.0 Å². The molecule has 0 unspecified atom stereocenters. The monoisotopic (exact) mass is 686 g/mol. The van der Waals surface area contributed by atoms with E-state index in [1.54, 1.807) is 31.6 Å². The average Bonchev–Trinajstić information content (AvgIpc) is 3.50. The Labute approximate surface area is 292 Å². The minimum atomic E-state index is -1.11. The molecule has 0 saturated heterocycles. The van der Waals surface area contributed by atoms with Crippen molar-refractivity contribution < 1.29 is 24.2 Å². The molecule has 0 aliphatic rings. The molecule has 11 nitrogen and oxygen atoms in total. The van der Waals surface area contributed by atoms with E-state index in [9.17, 15) is 19.5 Å². The maximum Gasteiger partial charge on any atom is 0.407 e. The number of rotatable bonds is 15. The molecule has 2 aromatic heterocycles. The second-order valence-corrected chi connectivity index (χ2v) is 13.8. The molecule has 4 atom stereocenters. The fourth-order valence-electron chi connectivity index (χ4n) is 5.51. The fourth-order valence-corrected chi connectivity index (χ4v) is 6.11. The maximum atomic E-state index is 14.0. The van der Waals surface area contributed by atoms with Gasteiger partial charge in [-0.1, -0.05) is 80.6 Å². The largest absolute Gasteiger partial charge is 0.445 e. The Morgan fingerprint density at radius 2 is 1.65 bits per heavy atom. The number of nitrogens with one attached hydrogen (secondary N) is 3. The van der Waals surface area contributed by atoms with Crippen LogP contribution in [0.25, 0.3) is 0 Å². The fraction of sp³-hybridized carbons (Fsp3) is 0.378. The van der Waals surface area contributed by atoms with Gasteiger partial charge in [-0.25, -0.2) is 14.6 Å². The van der Waals surface area contributed by atoms with E-state index < -0.39 is 41.8 Å². The van der Waals surface area contributed by atoms with Gasteiger partial charge in [0.25, 0.3) is 0 Å². The molecule has 12 heteroatoms. The summed E-state index contributed by atoms with van der Waals surface area (Å²) < 4.78 is 5.46. The van der Waals surface area contributed by atoms with Crippen molar-refractivity contribution in [3.8, 4) is 0 Å². The molecular weight excluding hydrogens is 641 g/mol. The summed E-state index contributed by atoms with van der Waals surface area (Å²) in [6, 6.07) is 20.4. The summed E-state index contributed by atoms with van der Waals surface area (Å²) >= 11 is 1.51. The zero-order valence-corrected chi connectivity index (χ0v) is 29.4. The summed E-state index contributed by atoms with van der Waals surface area (Å²) in [5.41, 5.74) is 2.08. The molecule has 4 N–H and O–H groups in total. The number of benzene rings is 2. The number of aryl methyl sites for hydroxylation is 1. The lowest BCUT2D eigenvalue weighted by Crippen LogP contribution is -2.58. The van der Waals surface area contributed by atoms with Crippen LogP contribution in [-0.4, -0.2) is 63.2 Å². The minimum Gasteiger partial charge on any atom is -0.445 e. The van der Waals surface area contributed by atoms with Crippen LogP contribution in [0.2, 0.25) is 0 Å². The number of aliphatic hydroxyl groups excluding tert-OH is 1. The first-order valence-corrected chi connectivity index (χ1v) is 17.2. The van der Waals surface area contributed by atoms with E-state index in [0.29, 0.717) is 13.0 Å². The molecule has 0 saturated carbocycles. The van der Waals surface area contributed by atoms with Gasteiger partial charge >= 0.3 is 12.1 Å². The van der Waals surface area contributed by atoms with Gasteiger partial charge in [0.15, 0.2) is 0 Å². The van der Waals surface area contributed by atoms with Crippen molar-refractivity contribution in [3.05, 3.63) is 118 Å². The molecule has 0 radical (unpaired) electrons. The number of hydrogen-bond acceptors (Lipinski definition) is 8. The lowest BCUT2D eigenvalue weighted by atomic mass is 9.83. The molecule has 49 heavy (non-hydrogen) atoms. The molecule has 260 valence electrons. The first-order valence-electron chi connectivity index (χ1n) is 16.3. The highest BCUT2D eigenvalue weighted by molar-refractivity contribution is 7.09. The van der Waals surface area contributed by atoms with Gasteiger partial charge in [-0.15, -0.1) is 11.3 Å². The van der Waals surface area contributed by atoms with Gasteiger partial charge in [0.1, 0.15) is 12.6 Å². The van der Waals surface area contributed by atoms with E-state index in [1.165, 1.54) is 16.2 Å². The maximum absolute atomic E-state index is 14.0. The van der Waals surface area contributed by atoms with E-state index in [2.05, 4.69) is 25.9 Å². The van der Waals surface area contributed by atoms with Crippen molar-refractivity contribution >= 4 is 29.4 Å². The van der Waals surface area contributed by atoms with Gasteiger partial charge in [0.05, 0.1) is 34.9 Å². The molecular formula is C37H46N6O5S. The van der Waals surface area contributed by atoms with Gasteiger partial charge in [-0.3, -0.25) is 9.78 Å². The number of urea groups is 1. The molecule has 4 rings (SSSR count). The summed E-state index contributed by atoms with van der Waals surface area (Å²) in [5, 5.41) is 23.5. The molecule has 4 amide bonds. The number of ether oxygens (including phenoxy) is 1. The number of amides is 4. The van der Waals surface area contributed by atoms with E-state index in [4.69, 9.17) is 4.74 Å². The predicted octanol–water partition coefficient (Wildman–Crippen LogP) is 5.33. The zero-order valence-electron chi connectivity index (χ0n) is 28.6. The van der Waals surface area contributed by atoms with E-state index in [-0.39, 0.29) is 18.9 Å². The Balaban J connectivity index is 1.52. The van der Waals surface area contributed by atoms with Crippen molar-refractivity contribution in [2.75, 3.05) is 7.05 Å². The molecule has 2 aromatic carbocycles. The Morgan fingerprint density at radius 3 is 2.27 bits per heavy atom. The smallest absolute Gasteiger partial charge is 0.407 e. The van der Waals surface area contributed by atoms with Gasteiger partial charge in [0.2, 0.25) is 5.91 Å². The van der Waals surface area contributed by atoms with Gasteiger partial charge in [-0.2, -0.15) is 0 Å². The highest BCUT2D eigenvalue weighted by Crippen LogP contribution is 2.29. The van der Waals surface area contributed by atoms with Crippen LogP contribution >= 0.6 is 11.3 Å². The number of carbonyl (C=O) groups is 3. The summed E-state index contributed by atoms with van der Waals surface area (Å²) in [5.74, 6) is -0.644. The second kappa shape index (κ2) is 17.5. The van der Waals surface area contributed by atoms with Crippen molar-refractivity contribution in [3.63, 3.8) is 0 Å². The lowest BCUT2D eigenvalue weighted by molar-refractivity contribution is -0.126.